The molecule has 0 radical (unpaired) electrons. The summed E-state index contributed by atoms with van der Waals surface area (Å²) in [4.78, 5) is 24.2. The molecule has 1 N–H and O–H groups in total. The number of nitrogens with zero attached hydrogens (tertiary/aromatic N) is 2. The van der Waals surface area contributed by atoms with Gasteiger partial charge in [0, 0.05) is 38.3 Å². The lowest BCUT2D eigenvalue weighted by Crippen LogP contribution is -2.50. The summed E-state index contributed by atoms with van der Waals surface area (Å²) in [5.41, 5.74) is 0. The van der Waals surface area contributed by atoms with Crippen molar-refractivity contribution in [1.29, 1.82) is 0 Å². The lowest BCUT2D eigenvalue weighted by Gasteiger charge is -2.34. The maximum atomic E-state index is 12.1. The van der Waals surface area contributed by atoms with E-state index in [-0.39, 0.29) is 26.2 Å². The Bertz CT molecular complexity index is 347. The molecule has 1 heterocycles. The van der Waals surface area contributed by atoms with Gasteiger partial charge in [0.15, 0.2) is 0 Å². The molecule has 1 fully saturated rings. The third-order valence-electron chi connectivity index (χ3n) is 2.46. The monoisotopic (exact) mass is 266 g/mol. The third-order valence-corrected chi connectivity index (χ3v) is 2.46. The molecule has 102 valence electrons. The van der Waals surface area contributed by atoms with Crippen molar-refractivity contribution in [3.63, 3.8) is 0 Å². The van der Waals surface area contributed by atoms with Crippen molar-refractivity contribution in [3.05, 3.63) is 12.2 Å². The smallest absolute Gasteiger partial charge is 0.401 e. The number of hydrogen-bond donors (Lipinski definition) is 1. The first-order valence-corrected chi connectivity index (χ1v) is 5.27. The number of aliphatic carboxylic acids is 1. The Morgan fingerprint density at radius 2 is 1.67 bits per heavy atom. The molecule has 5 nitrogen and oxygen atoms in total. The first-order valence-electron chi connectivity index (χ1n) is 5.27. The Kier molecular flexibility index (Phi) is 4.71. The molecular weight excluding hydrogens is 253 g/mol. The third kappa shape index (κ3) is 5.17. The van der Waals surface area contributed by atoms with Gasteiger partial charge in [0.05, 0.1) is 6.54 Å². The van der Waals surface area contributed by atoms with Gasteiger partial charge in [-0.25, -0.2) is 4.79 Å². The second-order valence-electron chi connectivity index (χ2n) is 3.89. The van der Waals surface area contributed by atoms with Crippen LogP contribution in [0.25, 0.3) is 0 Å². The SMILES string of the molecule is O=C(O)/C=C/C(=O)N1CCN(CC(F)(F)F)CC1. The van der Waals surface area contributed by atoms with E-state index in [1.807, 2.05) is 0 Å². The summed E-state index contributed by atoms with van der Waals surface area (Å²) in [5, 5.41) is 8.34. The van der Waals surface area contributed by atoms with E-state index in [4.69, 9.17) is 5.11 Å². The molecule has 0 aromatic rings. The molecule has 8 heteroatoms. The number of carbonyl (C=O) groups excluding carboxylic acids is 1. The maximum absolute atomic E-state index is 12.1. The fourth-order valence-electron chi connectivity index (χ4n) is 1.63. The van der Waals surface area contributed by atoms with Gasteiger partial charge in [-0.15, -0.1) is 0 Å². The summed E-state index contributed by atoms with van der Waals surface area (Å²) in [6, 6.07) is 0. The first kappa shape index (κ1) is 14.5. The predicted molar refractivity (Wildman–Crippen MR) is 55.9 cm³/mol. The van der Waals surface area contributed by atoms with Gasteiger partial charge in [-0.05, 0) is 0 Å². The van der Waals surface area contributed by atoms with Crippen LogP contribution < -0.4 is 0 Å². The molecule has 1 rings (SSSR count). The number of carboxylic acids is 1. The van der Waals surface area contributed by atoms with Crippen molar-refractivity contribution in [3.8, 4) is 0 Å². The Hall–Kier alpha value is -1.57. The topological polar surface area (TPSA) is 60.9 Å². The van der Waals surface area contributed by atoms with Crippen molar-refractivity contribution in [1.82, 2.24) is 9.80 Å². The Balaban J connectivity index is 2.39. The van der Waals surface area contributed by atoms with Crippen LogP contribution in [0.3, 0.4) is 0 Å². The van der Waals surface area contributed by atoms with Crippen molar-refractivity contribution < 1.29 is 27.9 Å². The molecule has 0 aromatic carbocycles. The zero-order valence-electron chi connectivity index (χ0n) is 9.48. The minimum atomic E-state index is -4.24. The largest absolute Gasteiger partial charge is 0.478 e. The number of carboxylic acid groups (broad SMARTS) is 1. The Morgan fingerprint density at radius 3 is 2.11 bits per heavy atom. The molecule has 1 aliphatic heterocycles. The normalized spacial score (nSPS) is 18.3. The number of halogens is 3. The summed E-state index contributed by atoms with van der Waals surface area (Å²) < 4.78 is 36.3. The average molecular weight is 266 g/mol. The van der Waals surface area contributed by atoms with Crippen LogP contribution in [0.15, 0.2) is 12.2 Å². The molecule has 1 saturated heterocycles. The quantitative estimate of drug-likeness (QED) is 0.748. The zero-order chi connectivity index (χ0) is 13.8. The highest BCUT2D eigenvalue weighted by atomic mass is 19.4. The highest BCUT2D eigenvalue weighted by molar-refractivity contribution is 5.93. The molecule has 0 atom stereocenters. The van der Waals surface area contributed by atoms with E-state index in [9.17, 15) is 22.8 Å². The summed E-state index contributed by atoms with van der Waals surface area (Å²) >= 11 is 0. The number of piperazine rings is 1. The van der Waals surface area contributed by atoms with Gasteiger partial charge in [-0.3, -0.25) is 9.69 Å². The van der Waals surface area contributed by atoms with Crippen LogP contribution >= 0.6 is 0 Å². The maximum Gasteiger partial charge on any atom is 0.401 e. The lowest BCUT2D eigenvalue weighted by atomic mass is 10.3. The molecule has 0 bridgehead atoms. The number of rotatable bonds is 3. The van der Waals surface area contributed by atoms with E-state index in [1.165, 1.54) is 9.80 Å². The molecule has 0 unspecified atom stereocenters. The van der Waals surface area contributed by atoms with Gasteiger partial charge >= 0.3 is 12.1 Å². The summed E-state index contributed by atoms with van der Waals surface area (Å²) in [5.74, 6) is -1.73. The molecule has 1 amide bonds. The van der Waals surface area contributed by atoms with Crippen LogP contribution in [0.4, 0.5) is 13.2 Å². The number of alkyl halides is 3. The van der Waals surface area contributed by atoms with E-state index in [0.29, 0.717) is 6.08 Å². The van der Waals surface area contributed by atoms with Gasteiger partial charge < -0.3 is 10.0 Å². The van der Waals surface area contributed by atoms with E-state index in [2.05, 4.69) is 0 Å². The number of amides is 1. The van der Waals surface area contributed by atoms with Crippen LogP contribution in [0, 0.1) is 0 Å². The second kappa shape index (κ2) is 5.85. The molecule has 0 aliphatic carbocycles. The molecule has 1 aliphatic rings. The summed E-state index contributed by atoms with van der Waals surface area (Å²) in [6.45, 7) is -0.393. The fourth-order valence-corrected chi connectivity index (χ4v) is 1.63. The molecular formula is C10H13F3N2O3. The van der Waals surface area contributed by atoms with Crippen LogP contribution in [-0.4, -0.2) is 65.7 Å². The van der Waals surface area contributed by atoms with Crippen molar-refractivity contribution in [2.75, 3.05) is 32.7 Å². The van der Waals surface area contributed by atoms with E-state index >= 15 is 0 Å². The van der Waals surface area contributed by atoms with Crippen LogP contribution in [0.2, 0.25) is 0 Å². The van der Waals surface area contributed by atoms with Gasteiger partial charge in [0.2, 0.25) is 5.91 Å². The van der Waals surface area contributed by atoms with Gasteiger partial charge in [-0.2, -0.15) is 13.2 Å². The van der Waals surface area contributed by atoms with Crippen molar-refractivity contribution in [2.45, 2.75) is 6.18 Å². The molecule has 0 aromatic heterocycles. The van der Waals surface area contributed by atoms with E-state index < -0.39 is 24.6 Å². The molecule has 18 heavy (non-hydrogen) atoms. The van der Waals surface area contributed by atoms with Gasteiger partial charge in [0.1, 0.15) is 0 Å². The highest BCUT2D eigenvalue weighted by Crippen LogP contribution is 2.17. The van der Waals surface area contributed by atoms with Crippen LogP contribution in [-0.2, 0) is 9.59 Å². The minimum absolute atomic E-state index is 0.131. The van der Waals surface area contributed by atoms with Crippen molar-refractivity contribution in [2.24, 2.45) is 0 Å². The standard InChI is InChI=1S/C10H13F3N2O3/c11-10(12,13)7-14-3-5-15(6-4-14)8(16)1-2-9(17)18/h1-2H,3-7H2,(H,17,18)/b2-1+. The Labute approximate surface area is 101 Å². The van der Waals surface area contributed by atoms with Crippen LogP contribution in [0.1, 0.15) is 0 Å². The lowest BCUT2D eigenvalue weighted by molar-refractivity contribution is -0.151. The van der Waals surface area contributed by atoms with E-state index in [0.717, 1.165) is 6.08 Å². The highest BCUT2D eigenvalue weighted by Gasteiger charge is 2.32. The second-order valence-corrected chi connectivity index (χ2v) is 3.89. The van der Waals surface area contributed by atoms with Gasteiger partial charge in [-0.1, -0.05) is 0 Å². The first-order chi connectivity index (χ1) is 8.28. The average Bonchev–Trinajstić information content (AvgIpc) is 2.24. The fraction of sp³-hybridized carbons (Fsp3) is 0.600. The van der Waals surface area contributed by atoms with Crippen molar-refractivity contribution >= 4 is 11.9 Å². The predicted octanol–water partition coefficient (Wildman–Crippen LogP) is 0.334. The Morgan fingerprint density at radius 1 is 1.11 bits per heavy atom. The summed E-state index contributed by atoms with van der Waals surface area (Å²) in [6.07, 6.45) is -2.62. The number of hydrogen-bond acceptors (Lipinski definition) is 3. The molecule has 0 spiro atoms. The number of carbonyl (C=O) groups is 2. The zero-order valence-corrected chi connectivity index (χ0v) is 9.48. The van der Waals surface area contributed by atoms with E-state index in [1.54, 1.807) is 0 Å². The summed E-state index contributed by atoms with van der Waals surface area (Å²) in [7, 11) is 0. The van der Waals surface area contributed by atoms with Crippen LogP contribution in [0.5, 0.6) is 0 Å². The minimum Gasteiger partial charge on any atom is -0.478 e. The van der Waals surface area contributed by atoms with Gasteiger partial charge in [0.25, 0.3) is 0 Å². The molecule has 0 saturated carbocycles.